The summed E-state index contributed by atoms with van der Waals surface area (Å²) in [6.07, 6.45) is 5.13. The normalized spacial score (nSPS) is 22.3. The molecule has 180 valence electrons. The van der Waals surface area contributed by atoms with Gasteiger partial charge in [0, 0.05) is 19.6 Å². The molecule has 0 amide bonds. The van der Waals surface area contributed by atoms with Crippen LogP contribution in [0.25, 0.3) is 0 Å². The predicted molar refractivity (Wildman–Crippen MR) is 133 cm³/mol. The van der Waals surface area contributed by atoms with Crippen LogP contribution in [0.4, 0.5) is 0 Å². The molecule has 0 saturated carbocycles. The number of ether oxygens (including phenoxy) is 2. The van der Waals surface area contributed by atoms with Crippen molar-refractivity contribution in [1.82, 2.24) is 9.80 Å². The van der Waals surface area contributed by atoms with Crippen LogP contribution in [0.5, 0.6) is 11.5 Å². The van der Waals surface area contributed by atoms with Gasteiger partial charge < -0.3 is 14.6 Å². The van der Waals surface area contributed by atoms with Gasteiger partial charge in [-0.15, -0.1) is 0 Å². The number of hydrogen-bond donors (Lipinski definition) is 1. The SMILES string of the molecule is Cc1ccc(OCC2(O)CCCN(Cc3ccc(OCCN4CCCC4)cc3)CC2)c(C)c1. The maximum absolute atomic E-state index is 11.2. The van der Waals surface area contributed by atoms with Gasteiger partial charge in [-0.1, -0.05) is 29.8 Å². The van der Waals surface area contributed by atoms with Crippen molar-refractivity contribution in [3.8, 4) is 11.5 Å². The summed E-state index contributed by atoms with van der Waals surface area (Å²) < 4.78 is 12.0. The second-order valence-corrected chi connectivity index (χ2v) is 9.95. The number of aryl methyl sites for hydroxylation is 2. The van der Waals surface area contributed by atoms with E-state index in [2.05, 4.69) is 60.0 Å². The van der Waals surface area contributed by atoms with E-state index in [1.54, 1.807) is 0 Å². The minimum absolute atomic E-state index is 0.355. The summed E-state index contributed by atoms with van der Waals surface area (Å²) in [6.45, 7) is 11.5. The van der Waals surface area contributed by atoms with Crippen molar-refractivity contribution >= 4 is 0 Å². The van der Waals surface area contributed by atoms with E-state index in [0.717, 1.165) is 69.1 Å². The zero-order valence-electron chi connectivity index (χ0n) is 20.4. The molecule has 1 unspecified atom stereocenters. The van der Waals surface area contributed by atoms with Crippen LogP contribution in [0.15, 0.2) is 42.5 Å². The fourth-order valence-corrected chi connectivity index (χ4v) is 4.96. The number of aliphatic hydroxyl groups is 1. The summed E-state index contributed by atoms with van der Waals surface area (Å²) >= 11 is 0. The van der Waals surface area contributed by atoms with Gasteiger partial charge in [0.15, 0.2) is 0 Å². The average molecular weight is 453 g/mol. The molecule has 5 heteroatoms. The Morgan fingerprint density at radius 1 is 0.848 bits per heavy atom. The van der Waals surface area contributed by atoms with E-state index in [0.29, 0.717) is 6.61 Å². The van der Waals surface area contributed by atoms with Crippen molar-refractivity contribution in [3.05, 3.63) is 59.2 Å². The molecule has 2 saturated heterocycles. The first-order valence-electron chi connectivity index (χ1n) is 12.6. The number of likely N-dealkylation sites (tertiary alicyclic amines) is 2. The van der Waals surface area contributed by atoms with Crippen molar-refractivity contribution in [2.75, 3.05) is 45.9 Å². The third-order valence-corrected chi connectivity index (χ3v) is 7.04. The van der Waals surface area contributed by atoms with E-state index in [1.165, 1.54) is 37.1 Å². The fourth-order valence-electron chi connectivity index (χ4n) is 4.96. The van der Waals surface area contributed by atoms with Gasteiger partial charge in [-0.25, -0.2) is 0 Å². The maximum Gasteiger partial charge on any atom is 0.122 e. The second-order valence-electron chi connectivity index (χ2n) is 9.95. The van der Waals surface area contributed by atoms with Gasteiger partial charge in [0.1, 0.15) is 24.7 Å². The number of benzene rings is 2. The Morgan fingerprint density at radius 2 is 1.61 bits per heavy atom. The summed E-state index contributed by atoms with van der Waals surface area (Å²) in [5.41, 5.74) is 2.88. The monoisotopic (exact) mass is 452 g/mol. The van der Waals surface area contributed by atoms with E-state index in [-0.39, 0.29) is 0 Å². The van der Waals surface area contributed by atoms with Crippen LogP contribution in [0.3, 0.4) is 0 Å². The Bertz CT molecular complexity index is 879. The summed E-state index contributed by atoms with van der Waals surface area (Å²) in [5, 5.41) is 11.2. The molecule has 2 fully saturated rings. The van der Waals surface area contributed by atoms with E-state index in [4.69, 9.17) is 9.47 Å². The van der Waals surface area contributed by atoms with E-state index in [1.807, 2.05) is 6.07 Å². The summed E-state index contributed by atoms with van der Waals surface area (Å²) in [7, 11) is 0. The zero-order chi connectivity index (χ0) is 23.1. The maximum atomic E-state index is 11.2. The average Bonchev–Trinajstić information content (AvgIpc) is 3.25. The topological polar surface area (TPSA) is 45.2 Å². The van der Waals surface area contributed by atoms with Crippen LogP contribution < -0.4 is 9.47 Å². The molecule has 0 aromatic heterocycles. The van der Waals surface area contributed by atoms with Crippen LogP contribution in [-0.2, 0) is 6.54 Å². The molecule has 2 aromatic rings. The van der Waals surface area contributed by atoms with Crippen molar-refractivity contribution in [3.63, 3.8) is 0 Å². The summed E-state index contributed by atoms with van der Waals surface area (Å²) in [6, 6.07) is 14.7. The predicted octanol–water partition coefficient (Wildman–Crippen LogP) is 4.57. The highest BCUT2D eigenvalue weighted by atomic mass is 16.5. The van der Waals surface area contributed by atoms with E-state index in [9.17, 15) is 5.11 Å². The summed E-state index contributed by atoms with van der Waals surface area (Å²) in [4.78, 5) is 4.92. The van der Waals surface area contributed by atoms with E-state index < -0.39 is 5.60 Å². The van der Waals surface area contributed by atoms with Gasteiger partial charge in [0.25, 0.3) is 0 Å². The third kappa shape index (κ3) is 7.20. The van der Waals surface area contributed by atoms with Gasteiger partial charge in [0.05, 0.1) is 5.60 Å². The first-order valence-corrected chi connectivity index (χ1v) is 12.6. The lowest BCUT2D eigenvalue weighted by atomic mass is 9.96. The summed E-state index contributed by atoms with van der Waals surface area (Å²) in [5.74, 6) is 1.82. The minimum atomic E-state index is -0.765. The van der Waals surface area contributed by atoms with Crippen molar-refractivity contribution < 1.29 is 14.6 Å². The molecular weight excluding hydrogens is 412 g/mol. The lowest BCUT2D eigenvalue weighted by Crippen LogP contribution is -2.37. The number of rotatable bonds is 9. The number of hydrogen-bond acceptors (Lipinski definition) is 5. The van der Waals surface area contributed by atoms with Crippen LogP contribution in [0.2, 0.25) is 0 Å². The van der Waals surface area contributed by atoms with Crippen molar-refractivity contribution in [1.29, 1.82) is 0 Å². The molecule has 2 heterocycles. The lowest BCUT2D eigenvalue weighted by Gasteiger charge is -2.27. The molecule has 0 bridgehead atoms. The number of nitrogens with zero attached hydrogens (tertiary/aromatic N) is 2. The Morgan fingerprint density at radius 3 is 2.36 bits per heavy atom. The molecule has 33 heavy (non-hydrogen) atoms. The largest absolute Gasteiger partial charge is 0.492 e. The molecule has 2 aromatic carbocycles. The van der Waals surface area contributed by atoms with Crippen LogP contribution >= 0.6 is 0 Å². The first-order chi connectivity index (χ1) is 16.0. The van der Waals surface area contributed by atoms with Crippen LogP contribution in [0, 0.1) is 13.8 Å². The minimum Gasteiger partial charge on any atom is -0.492 e. The molecule has 2 aliphatic rings. The Balaban J connectivity index is 1.22. The molecule has 0 radical (unpaired) electrons. The Labute approximate surface area is 199 Å². The molecule has 1 atom stereocenters. The Kier molecular flexibility index (Phi) is 8.29. The first kappa shape index (κ1) is 24.1. The van der Waals surface area contributed by atoms with Gasteiger partial charge in [-0.2, -0.15) is 0 Å². The Hall–Kier alpha value is -2.08. The highest BCUT2D eigenvalue weighted by Gasteiger charge is 2.31. The van der Waals surface area contributed by atoms with Gasteiger partial charge in [-0.05, 0) is 94.9 Å². The van der Waals surface area contributed by atoms with E-state index >= 15 is 0 Å². The molecule has 1 N–H and O–H groups in total. The van der Waals surface area contributed by atoms with Crippen LogP contribution in [0.1, 0.15) is 48.8 Å². The molecule has 4 rings (SSSR count). The molecule has 5 nitrogen and oxygen atoms in total. The third-order valence-electron chi connectivity index (χ3n) is 7.04. The van der Waals surface area contributed by atoms with Gasteiger partial charge in [0.2, 0.25) is 0 Å². The van der Waals surface area contributed by atoms with Gasteiger partial charge >= 0.3 is 0 Å². The van der Waals surface area contributed by atoms with Gasteiger partial charge in [-0.3, -0.25) is 9.80 Å². The zero-order valence-corrected chi connectivity index (χ0v) is 20.4. The molecular formula is C28H40N2O3. The quantitative estimate of drug-likeness (QED) is 0.604. The lowest BCUT2D eigenvalue weighted by molar-refractivity contribution is -0.0170. The highest BCUT2D eigenvalue weighted by Crippen LogP contribution is 2.27. The fraction of sp³-hybridized carbons (Fsp3) is 0.571. The van der Waals surface area contributed by atoms with Crippen LogP contribution in [-0.4, -0.2) is 66.4 Å². The standard InChI is InChI=1S/C28H40N2O3/c1-23-6-11-27(24(2)20-23)33-22-28(31)12-5-16-30(17-13-28)21-25-7-9-26(10-8-25)32-19-18-29-14-3-4-15-29/h6-11,20,31H,3-5,12-19,21-22H2,1-2H3. The van der Waals surface area contributed by atoms with Crippen molar-refractivity contribution in [2.24, 2.45) is 0 Å². The van der Waals surface area contributed by atoms with Crippen molar-refractivity contribution in [2.45, 2.75) is 58.1 Å². The smallest absolute Gasteiger partial charge is 0.122 e. The highest BCUT2D eigenvalue weighted by molar-refractivity contribution is 5.35. The molecule has 0 aliphatic carbocycles. The molecule has 2 aliphatic heterocycles. The second kappa shape index (κ2) is 11.4. The molecule has 0 spiro atoms.